The molecule has 0 aromatic heterocycles. The zero-order valence-electron chi connectivity index (χ0n) is 12.3. The zero-order chi connectivity index (χ0) is 13.6. The van der Waals surface area contributed by atoms with E-state index in [1.165, 1.54) is 11.1 Å². The molecule has 0 atom stereocenters. The number of hydrogen-bond acceptors (Lipinski definition) is 1. The van der Waals surface area contributed by atoms with Gasteiger partial charge in [-0.1, -0.05) is 25.8 Å². The number of fused-ring (bicyclic) bond motifs is 1. The van der Waals surface area contributed by atoms with Crippen molar-refractivity contribution < 1.29 is 6.11 Å². The normalized spacial score (nSPS) is 20.4. The van der Waals surface area contributed by atoms with Crippen molar-refractivity contribution in [1.82, 2.24) is 0 Å². The first-order valence-electron chi connectivity index (χ1n) is 6.52. The van der Waals surface area contributed by atoms with Gasteiger partial charge < -0.3 is 4.74 Å². The summed E-state index contributed by atoms with van der Waals surface area (Å²) in [5.41, 5.74) is 3.09. The van der Waals surface area contributed by atoms with Crippen LogP contribution in [0.1, 0.15) is 52.2 Å². The summed E-state index contributed by atoms with van der Waals surface area (Å²) in [6, 6.07) is 4.18. The van der Waals surface area contributed by atoms with E-state index in [0.717, 1.165) is 17.7 Å². The van der Waals surface area contributed by atoms with Gasteiger partial charge in [0.15, 0.2) is 0 Å². The van der Waals surface area contributed by atoms with E-state index in [4.69, 9.17) is 6.11 Å². The minimum atomic E-state index is -0.190. The summed E-state index contributed by atoms with van der Waals surface area (Å²) in [7, 11) is 0. The summed E-state index contributed by atoms with van der Waals surface area (Å²) < 4.78 is 13.2. The first-order valence-corrected chi connectivity index (χ1v) is 6.02. The highest BCUT2D eigenvalue weighted by atomic mass is 16.5. The minimum Gasteiger partial charge on any atom is -0.486 e. The summed E-state index contributed by atoms with van der Waals surface area (Å²) in [5.74, 6) is 3.71. The molecule has 17 heavy (non-hydrogen) atoms. The largest absolute Gasteiger partial charge is 0.486 e. The third-order valence-corrected chi connectivity index (χ3v) is 3.34. The van der Waals surface area contributed by atoms with Gasteiger partial charge >= 0.3 is 0 Å². The zero-order valence-corrected chi connectivity index (χ0v) is 11.3. The predicted octanol–water partition coefficient (Wildman–Crippen LogP) is 3.82. The molecule has 0 unspecified atom stereocenters. The molecule has 0 fully saturated rings. The fourth-order valence-corrected chi connectivity index (χ4v) is 2.95. The van der Waals surface area contributed by atoms with Crippen LogP contribution < -0.4 is 4.74 Å². The second kappa shape index (κ2) is 3.53. The van der Waals surface area contributed by atoms with Crippen molar-refractivity contribution in [2.24, 2.45) is 0 Å². The van der Waals surface area contributed by atoms with Gasteiger partial charge in [-0.15, -0.1) is 6.40 Å². The van der Waals surface area contributed by atoms with E-state index in [2.05, 4.69) is 53.0 Å². The van der Waals surface area contributed by atoms with Crippen molar-refractivity contribution in [3.05, 3.63) is 28.8 Å². The summed E-state index contributed by atoms with van der Waals surface area (Å²) in [6.07, 6.45) is 3.21. The van der Waals surface area contributed by atoms with Gasteiger partial charge in [0.05, 0.1) is 5.56 Å². The number of rotatable bonds is 0. The number of ether oxygens (including phenoxy) is 1. The Morgan fingerprint density at radius 3 is 2.71 bits per heavy atom. The molecular weight excluding hydrogens is 208 g/mol. The highest BCUT2D eigenvalue weighted by molar-refractivity contribution is 5.55. The van der Waals surface area contributed by atoms with Gasteiger partial charge in [0.2, 0.25) is 0 Å². The van der Waals surface area contributed by atoms with Gasteiger partial charge in [0, 0.05) is 5.56 Å². The Bertz CT molecular complexity index is 544. The van der Waals surface area contributed by atoms with Gasteiger partial charge in [-0.05, 0) is 44.2 Å². The number of aryl methyl sites for hydroxylation is 1. The van der Waals surface area contributed by atoms with Crippen LogP contribution in [0.4, 0.5) is 0 Å². The molecule has 0 N–H and O–H groups in total. The van der Waals surface area contributed by atoms with E-state index < -0.39 is 0 Å². The molecule has 1 aliphatic heterocycles. The Balaban J connectivity index is 2.70. The van der Waals surface area contributed by atoms with Crippen LogP contribution in [-0.4, -0.2) is 5.60 Å². The molecule has 0 saturated heterocycles. The summed E-state index contributed by atoms with van der Waals surface area (Å²) in [4.78, 5) is 0. The van der Waals surface area contributed by atoms with Crippen LogP contribution in [0, 0.1) is 19.2 Å². The Labute approximate surface area is 106 Å². The smallest absolute Gasteiger partial charge is 0.139 e. The number of benzene rings is 1. The summed E-state index contributed by atoms with van der Waals surface area (Å²) in [5, 5.41) is 0. The second-order valence-electron chi connectivity index (χ2n) is 6.24. The molecule has 0 bridgehead atoms. The lowest BCUT2D eigenvalue weighted by atomic mass is 9.73. The van der Waals surface area contributed by atoms with E-state index in [9.17, 15) is 0 Å². The minimum absolute atomic E-state index is 0.0710. The van der Waals surface area contributed by atoms with E-state index in [0.29, 0.717) is 0 Å². The maximum Gasteiger partial charge on any atom is 0.139 e. The van der Waals surface area contributed by atoms with Crippen molar-refractivity contribution in [2.75, 3.05) is 0 Å². The lowest BCUT2D eigenvalue weighted by molar-refractivity contribution is 0.0530. The molecule has 0 radical (unpaired) electrons. The second-order valence-corrected chi connectivity index (χ2v) is 6.24. The van der Waals surface area contributed by atoms with E-state index in [-0.39, 0.29) is 11.0 Å². The molecule has 1 aromatic rings. The van der Waals surface area contributed by atoms with Crippen LogP contribution in [0.3, 0.4) is 0 Å². The number of terminal acetylenes is 1. The molecule has 1 aliphatic rings. The first-order chi connectivity index (χ1) is 8.25. The van der Waals surface area contributed by atoms with Crippen molar-refractivity contribution in [1.29, 1.82) is 0 Å². The van der Waals surface area contributed by atoms with Gasteiger partial charge in [-0.25, -0.2) is 0 Å². The van der Waals surface area contributed by atoms with Crippen molar-refractivity contribution in [2.45, 2.75) is 52.1 Å². The Morgan fingerprint density at radius 2 is 2.06 bits per heavy atom. The molecule has 0 saturated carbocycles. The maximum atomic E-state index is 7.11. The molecule has 1 heteroatoms. The maximum absolute atomic E-state index is 7.11. The van der Waals surface area contributed by atoms with E-state index in [1.54, 1.807) is 0 Å². The third-order valence-electron chi connectivity index (χ3n) is 3.34. The lowest BCUT2D eigenvalue weighted by Gasteiger charge is -2.43. The molecule has 90 valence electrons. The molecule has 1 nitrogen and oxygen atoms in total. The van der Waals surface area contributed by atoms with Crippen molar-refractivity contribution in [3.63, 3.8) is 0 Å². The van der Waals surface area contributed by atoms with Crippen LogP contribution in [0.15, 0.2) is 12.1 Å². The van der Waals surface area contributed by atoms with Gasteiger partial charge in [-0.2, -0.15) is 0 Å². The Hall–Kier alpha value is -1.42. The summed E-state index contributed by atoms with van der Waals surface area (Å²) in [6.45, 7) is 10.8. The van der Waals surface area contributed by atoms with Crippen molar-refractivity contribution in [3.8, 4) is 18.1 Å². The molecule has 1 heterocycles. The third kappa shape index (κ3) is 2.05. The van der Waals surface area contributed by atoms with Crippen LogP contribution in [0.2, 0.25) is 0 Å². The average molecular weight is 230 g/mol. The van der Waals surface area contributed by atoms with E-state index in [1.807, 2.05) is 6.07 Å². The fraction of sp³-hybridized carbons (Fsp3) is 0.500. The average Bonchev–Trinajstić information content (AvgIpc) is 2.18. The molecule has 0 spiro atoms. The molecule has 0 aliphatic carbocycles. The Morgan fingerprint density at radius 1 is 1.35 bits per heavy atom. The lowest BCUT2D eigenvalue weighted by Crippen LogP contribution is -2.41. The van der Waals surface area contributed by atoms with Crippen molar-refractivity contribution >= 4 is 0 Å². The Kier molecular flexibility index (Phi) is 2.23. The topological polar surface area (TPSA) is 9.23 Å². The van der Waals surface area contributed by atoms with Crippen LogP contribution in [0.25, 0.3) is 0 Å². The SMILES string of the molecule is [3H]C#Cc1cc(C)cc2c1OC(C)(C)CC2(C)C. The molecule has 1 aromatic carbocycles. The fourth-order valence-electron chi connectivity index (χ4n) is 2.95. The van der Waals surface area contributed by atoms with E-state index >= 15 is 0 Å². The standard InChI is InChI=1S/C16H20O/c1-7-12-8-11(2)9-13-14(12)17-16(5,6)10-15(13,3)4/h1,8-9H,10H2,2-6H3/i1T. The monoisotopic (exact) mass is 230 g/mol. The highest BCUT2D eigenvalue weighted by Crippen LogP contribution is 2.46. The number of hydrogen-bond donors (Lipinski definition) is 0. The predicted molar refractivity (Wildman–Crippen MR) is 71.5 cm³/mol. The van der Waals surface area contributed by atoms with Gasteiger partial charge in [0.25, 0.3) is 0 Å². The molecule has 2 rings (SSSR count). The highest BCUT2D eigenvalue weighted by Gasteiger charge is 2.39. The molecular formula is C16H20O. The van der Waals surface area contributed by atoms with Gasteiger partial charge in [-0.3, -0.25) is 0 Å². The first kappa shape index (κ1) is 10.7. The quantitative estimate of drug-likeness (QED) is 0.616. The van der Waals surface area contributed by atoms with Crippen LogP contribution in [0.5, 0.6) is 5.75 Å². The summed E-state index contributed by atoms with van der Waals surface area (Å²) >= 11 is 0. The molecule has 0 amide bonds. The van der Waals surface area contributed by atoms with Crippen LogP contribution >= 0.6 is 0 Å². The van der Waals surface area contributed by atoms with Gasteiger partial charge in [0.1, 0.15) is 12.7 Å². The van der Waals surface area contributed by atoms with Crippen LogP contribution in [-0.2, 0) is 5.41 Å².